The molecule has 1 aliphatic heterocycles. The molecule has 3 amide bonds. The maximum absolute atomic E-state index is 13.7. The molecule has 0 atom stereocenters. The molecule has 19 rings (SSSR count). The van der Waals surface area contributed by atoms with Crippen molar-refractivity contribution in [2.24, 2.45) is 16.2 Å². The van der Waals surface area contributed by atoms with Crippen LogP contribution in [0, 0.1) is 16.2 Å². The molecule has 16 nitrogen and oxygen atoms in total. The summed E-state index contributed by atoms with van der Waals surface area (Å²) in [5, 5.41) is 2.11. The third kappa shape index (κ3) is 20.9. The van der Waals surface area contributed by atoms with Crippen LogP contribution in [0.4, 0.5) is 4.79 Å². The standard InChI is InChI=1S/C27H36Br2O5.C23H26Br2O3.C22H24Br2O2.C19H16Br2N2O4.C18H14Br4/c1-4-5-14-34-25-17-21(29)16-24-26(25)22-9-8-20(28)15-23(22)27(24,10-6-12-32-18-30-2)11-7-13-33-19-31-3;1-26-8-6-22(7-9-27-2)13-23(14-22)18-10-15(24)4-5-16(18)17-11-21(28-3)20(25)12-19(17)23;1-25-9-7-21(8-10-26-2)13-22(14-21)19-11-15(23)3-5-17(19)18-6-4-16(24)12-20(18)22;1-26-9-22-17(24)19(23(10-27-2)18(22)25)15-7-11(20)3-5-13(15)14-6-4-12(21)8-16(14)19;19-9-17(10-20)7-18(8-17)15-5-11(21)1-3-13(15)14-4-2-12(22)6-16(14)18/h8-9,15-17H,4-7,10-14,18-19H2,1-3H3;4-5,10-12H,6-9,13-14H2,1-3H3;3-6,11-12H,7-10,13-14H2,1-2H3;3-8H,9-10H2,1-2H3;1-6H,7-10H2. The van der Waals surface area contributed by atoms with E-state index in [-0.39, 0.29) is 46.4 Å². The average Bonchev–Trinajstić information content (AvgIpc) is 1.51. The maximum Gasteiger partial charge on any atom is 0.332 e. The van der Waals surface area contributed by atoms with Crippen molar-refractivity contribution in [3.63, 3.8) is 0 Å². The van der Waals surface area contributed by atoms with E-state index in [0.717, 1.165) is 189 Å². The smallest absolute Gasteiger partial charge is 0.332 e. The molecule has 0 unspecified atom stereocenters. The predicted octanol–water partition coefficient (Wildman–Crippen LogP) is 31.1. The van der Waals surface area contributed by atoms with E-state index in [9.17, 15) is 9.59 Å². The number of fused-ring (bicyclic) bond motifs is 23. The highest BCUT2D eigenvalue weighted by Crippen LogP contribution is 2.72. The van der Waals surface area contributed by atoms with Crippen LogP contribution in [0.25, 0.3) is 55.6 Å². The highest BCUT2D eigenvalue weighted by atomic mass is 79.9. The van der Waals surface area contributed by atoms with Crippen LogP contribution < -0.4 is 9.47 Å². The molecule has 8 aliphatic carbocycles. The third-order valence-corrected chi connectivity index (χ3v) is 36.8. The van der Waals surface area contributed by atoms with E-state index in [1.165, 1.54) is 143 Å². The van der Waals surface area contributed by atoms with Crippen molar-refractivity contribution in [1.82, 2.24) is 9.80 Å². The molecular weight excluding hydrogens is 2520 g/mol. The Morgan fingerprint density at radius 1 is 0.314 bits per heavy atom. The predicted molar refractivity (Wildman–Crippen MR) is 588 cm³/mol. The van der Waals surface area contributed by atoms with Gasteiger partial charge in [-0.05, 0) is 344 Å². The van der Waals surface area contributed by atoms with Crippen molar-refractivity contribution < 1.29 is 66.4 Å². The van der Waals surface area contributed by atoms with E-state index in [4.69, 9.17) is 56.8 Å². The fraction of sp³-hybridized carbons (Fsp3) is 0.431. The van der Waals surface area contributed by atoms with E-state index < -0.39 is 11.6 Å². The Bertz CT molecular complexity index is 5840. The number of alkyl halides is 2. The van der Waals surface area contributed by atoms with E-state index in [0.29, 0.717) is 44.2 Å². The van der Waals surface area contributed by atoms with Gasteiger partial charge in [0.05, 0.1) is 18.2 Å². The van der Waals surface area contributed by atoms with Gasteiger partial charge in [0.2, 0.25) is 0 Å². The minimum Gasteiger partial charge on any atom is -0.496 e. The van der Waals surface area contributed by atoms with Crippen LogP contribution >= 0.6 is 191 Å². The van der Waals surface area contributed by atoms with Crippen LogP contribution in [-0.2, 0) is 79.4 Å². The van der Waals surface area contributed by atoms with Gasteiger partial charge in [-0.2, -0.15) is 0 Å². The van der Waals surface area contributed by atoms with Crippen molar-refractivity contribution in [3.05, 3.63) is 270 Å². The lowest BCUT2D eigenvalue weighted by molar-refractivity contribution is -0.135. The first kappa shape index (κ1) is 107. The number of carbonyl (C=O) groups is 2. The number of amides is 3. The molecule has 137 heavy (non-hydrogen) atoms. The number of hydrogen-bond acceptors (Lipinski definition) is 14. The number of hydrogen-bond donors (Lipinski definition) is 0. The number of carbonyl (C=O) groups excluding carboxylic acids is 2. The number of methoxy groups -OCH3 is 9. The first-order chi connectivity index (χ1) is 66.1. The summed E-state index contributed by atoms with van der Waals surface area (Å²) >= 11 is 44.1. The molecule has 0 bridgehead atoms. The topological polar surface area (TPSA) is 151 Å². The molecule has 1 heterocycles. The second-order valence-corrected chi connectivity index (χ2v) is 47.8. The lowest BCUT2D eigenvalue weighted by Gasteiger charge is -2.56. The van der Waals surface area contributed by atoms with Gasteiger partial charge in [-0.15, -0.1) is 0 Å². The zero-order valence-corrected chi connectivity index (χ0v) is 97.8. The molecule has 28 heteroatoms. The Labute approximate surface area is 907 Å². The average molecular weight is 2640 g/mol. The molecule has 10 aromatic rings. The second-order valence-electron chi connectivity index (χ2n) is 37.5. The summed E-state index contributed by atoms with van der Waals surface area (Å²) in [7, 11) is 15.2. The molecule has 0 N–H and O–H groups in total. The number of imide groups is 1. The quantitative estimate of drug-likeness (QED) is 0.0160. The molecule has 3 saturated carbocycles. The number of urea groups is 1. The lowest BCUT2D eigenvalue weighted by atomic mass is 9.47. The van der Waals surface area contributed by atoms with E-state index in [2.05, 4.69) is 332 Å². The normalized spacial score (nSPS) is 17.1. The monoisotopic (exact) mass is 2620 g/mol. The number of ether oxygens (including phenoxy) is 12. The van der Waals surface area contributed by atoms with Gasteiger partial charge in [0.15, 0.2) is 5.54 Å². The van der Waals surface area contributed by atoms with Gasteiger partial charge in [0, 0.05) is 186 Å². The summed E-state index contributed by atoms with van der Waals surface area (Å²) in [5.74, 6) is 1.49. The van der Waals surface area contributed by atoms with Crippen molar-refractivity contribution in [1.29, 1.82) is 0 Å². The minimum atomic E-state index is -1.29. The van der Waals surface area contributed by atoms with Gasteiger partial charge in [-0.1, -0.05) is 237 Å². The fourth-order valence-corrected chi connectivity index (χ4v) is 29.2. The van der Waals surface area contributed by atoms with Crippen molar-refractivity contribution in [3.8, 4) is 67.1 Å². The number of rotatable bonds is 35. The van der Waals surface area contributed by atoms with Gasteiger partial charge in [0.1, 0.15) is 38.5 Å². The SMILES string of the molecule is BrCC1(CBr)CC2(C1)c1cc(Br)ccc1-c1ccc(Br)cc12.CCCCOc1cc(Br)cc2c1-c1ccc(Br)cc1C2(CCCOCOC)CCCOCOC.COCCC1(CCOC)CC2(C1)c1cc(Br)ccc1-c1cc(OC)c(Br)cc12.COCCC1(CCOC)CC2(C1)c1cc(Br)ccc1-c1ccc(Br)cc12.COCN1C(=O)N(COC)C2(C1=O)c1cc(Br)ccc1-c1ccc(Br)cc12. The zero-order valence-electron chi connectivity index (χ0n) is 78.8. The Kier molecular flexibility index (Phi) is 36.4. The molecule has 0 radical (unpaired) electrons. The van der Waals surface area contributed by atoms with Crippen LogP contribution in [0.2, 0.25) is 0 Å². The summed E-state index contributed by atoms with van der Waals surface area (Å²) in [4.78, 5) is 29.3. The lowest BCUT2D eigenvalue weighted by Crippen LogP contribution is -2.51. The van der Waals surface area contributed by atoms with Crippen LogP contribution in [0.15, 0.2) is 215 Å². The first-order valence-electron chi connectivity index (χ1n) is 46.2. The zero-order chi connectivity index (χ0) is 97.6. The number of unbranched alkanes of at least 4 members (excludes halogenated alkanes) is 1. The first-order valence-corrected chi connectivity index (χ1v) is 56.4. The Morgan fingerprint density at radius 2 is 0.657 bits per heavy atom. The van der Waals surface area contributed by atoms with Crippen LogP contribution in [-0.4, -0.2) is 170 Å². The summed E-state index contributed by atoms with van der Waals surface area (Å²) in [6.45, 7) is 7.92. The van der Waals surface area contributed by atoms with Gasteiger partial charge < -0.3 is 56.8 Å². The van der Waals surface area contributed by atoms with Crippen molar-refractivity contribution in [2.45, 2.75) is 137 Å². The maximum atomic E-state index is 13.7. The molecule has 1 saturated heterocycles. The van der Waals surface area contributed by atoms with Gasteiger partial charge in [-0.3, -0.25) is 9.69 Å². The Hall–Kier alpha value is -3.90. The molecule has 10 aromatic carbocycles. The number of halogens is 12. The highest BCUT2D eigenvalue weighted by molar-refractivity contribution is 9.12. The Morgan fingerprint density at radius 3 is 1.01 bits per heavy atom. The minimum absolute atomic E-state index is 0.0251. The number of nitrogens with zero attached hydrogens (tertiary/aromatic N) is 2. The Balaban J connectivity index is 0.000000131. The van der Waals surface area contributed by atoms with Crippen LogP contribution in [0.3, 0.4) is 0 Å². The van der Waals surface area contributed by atoms with E-state index in [1.54, 1.807) is 49.8 Å². The molecule has 4 fully saturated rings. The van der Waals surface area contributed by atoms with Crippen molar-refractivity contribution in [2.75, 3.05) is 148 Å². The van der Waals surface area contributed by atoms with E-state index in [1.807, 2.05) is 36.4 Å². The molecule has 4 spiro atoms. The summed E-state index contributed by atoms with van der Waals surface area (Å²) < 4.78 is 76.1. The second kappa shape index (κ2) is 46.4. The molecule has 730 valence electrons. The van der Waals surface area contributed by atoms with Crippen molar-refractivity contribution >= 4 is 203 Å². The van der Waals surface area contributed by atoms with Gasteiger partial charge in [0.25, 0.3) is 5.91 Å². The molecule has 0 aromatic heterocycles. The largest absolute Gasteiger partial charge is 0.496 e. The van der Waals surface area contributed by atoms with Crippen LogP contribution in [0.1, 0.15) is 165 Å². The summed E-state index contributed by atoms with van der Waals surface area (Å²) in [5.41, 5.74) is 25.3. The fourth-order valence-electron chi connectivity index (χ4n) is 23.6. The van der Waals surface area contributed by atoms with Crippen LogP contribution in [0.5, 0.6) is 11.5 Å². The third-order valence-electron chi connectivity index (χ3n) is 29.4. The van der Waals surface area contributed by atoms with Gasteiger partial charge in [-0.25, -0.2) is 9.69 Å². The summed E-state index contributed by atoms with van der Waals surface area (Å²) in [6, 6.07) is 60.3. The van der Waals surface area contributed by atoms with E-state index >= 15 is 0 Å². The highest BCUT2D eigenvalue weighted by Gasteiger charge is 2.65. The number of benzene rings is 10. The molecular formula is C109H116Br12N2O14. The summed E-state index contributed by atoms with van der Waals surface area (Å²) in [6.07, 6.45) is 17.2. The molecule has 9 aliphatic rings. The van der Waals surface area contributed by atoms with Gasteiger partial charge >= 0.3 is 6.03 Å².